The van der Waals surface area contributed by atoms with E-state index in [2.05, 4.69) is 9.97 Å². The van der Waals surface area contributed by atoms with Crippen LogP contribution in [0.25, 0.3) is 22.3 Å². The van der Waals surface area contributed by atoms with Gasteiger partial charge in [-0.2, -0.15) is 13.2 Å². The predicted octanol–water partition coefficient (Wildman–Crippen LogP) is 5.12. The van der Waals surface area contributed by atoms with E-state index in [0.717, 1.165) is 6.07 Å². The Balaban J connectivity index is 2.49. The zero-order valence-corrected chi connectivity index (χ0v) is 16.2. The minimum Gasteiger partial charge on any atom is -0.497 e. The number of aromatic amines is 1. The maximum Gasteiger partial charge on any atom is 0.417 e. The Morgan fingerprint density at radius 3 is 2.64 bits per heavy atom. The maximum absolute atomic E-state index is 13.8. The molecule has 0 radical (unpaired) electrons. The van der Waals surface area contributed by atoms with Crippen molar-refractivity contribution in [2.75, 3.05) is 7.11 Å². The highest BCUT2D eigenvalue weighted by atomic mass is 32.1. The lowest BCUT2D eigenvalue weighted by molar-refractivity contribution is -0.136. The van der Waals surface area contributed by atoms with Gasteiger partial charge in [-0.1, -0.05) is 19.1 Å². The molecule has 0 unspecified atom stereocenters. The highest BCUT2D eigenvalue weighted by Crippen LogP contribution is 2.36. The maximum atomic E-state index is 13.8. The first-order valence-corrected chi connectivity index (χ1v) is 8.99. The van der Waals surface area contributed by atoms with Gasteiger partial charge in [0.2, 0.25) is 0 Å². The number of hydrogen-bond acceptors (Lipinski definition) is 4. The average molecular weight is 409 g/mol. The zero-order chi connectivity index (χ0) is 20.6. The Kier molecular flexibility index (Phi) is 5.29. The van der Waals surface area contributed by atoms with Gasteiger partial charge in [-0.25, -0.2) is 4.98 Å². The van der Waals surface area contributed by atoms with E-state index >= 15 is 0 Å². The van der Waals surface area contributed by atoms with E-state index in [1.54, 1.807) is 31.2 Å². The molecule has 1 N–H and O–H groups in total. The lowest BCUT2D eigenvalue weighted by Gasteiger charge is -2.19. The van der Waals surface area contributed by atoms with Gasteiger partial charge < -0.3 is 4.74 Å². The molecule has 0 aliphatic carbocycles. The lowest BCUT2D eigenvalue weighted by Crippen LogP contribution is -2.22. The van der Waals surface area contributed by atoms with Crippen LogP contribution < -0.4 is 10.3 Å². The summed E-state index contributed by atoms with van der Waals surface area (Å²) in [5.74, 6) is 0.484. The van der Waals surface area contributed by atoms with Gasteiger partial charge in [-0.15, -0.1) is 0 Å². The number of pyridine rings is 1. The molecule has 0 saturated heterocycles. The third-order valence-corrected chi connectivity index (χ3v) is 4.90. The minimum atomic E-state index is -4.74. The quantitative estimate of drug-likeness (QED) is 0.608. The SMILES string of the molecule is CC[C@H](C)n1c(=S)[nH]c(=O)c2c(C(F)(F)F)cc(-c3cccc(OC)c3)nc21. The molecule has 28 heavy (non-hydrogen) atoms. The van der Waals surface area contributed by atoms with E-state index in [1.807, 2.05) is 6.92 Å². The molecule has 9 heteroatoms. The standard InChI is InChI=1S/C19H18F3N3O2S/c1-4-10(2)25-16-15(17(26)24-18(25)28)13(19(20,21)22)9-14(23-16)11-6-5-7-12(8-11)27-3/h5-10H,4H2,1-3H3,(H,24,26,28)/t10-/m0/s1. The minimum absolute atomic E-state index is 0.0373. The van der Waals surface area contributed by atoms with Crippen LogP contribution >= 0.6 is 12.2 Å². The van der Waals surface area contributed by atoms with Crippen molar-refractivity contribution in [2.24, 2.45) is 0 Å². The summed E-state index contributed by atoms with van der Waals surface area (Å²) in [5, 5.41) is -0.520. The molecule has 1 aromatic carbocycles. The average Bonchev–Trinajstić information content (AvgIpc) is 2.66. The summed E-state index contributed by atoms with van der Waals surface area (Å²) in [7, 11) is 1.47. The summed E-state index contributed by atoms with van der Waals surface area (Å²) < 4.78 is 48.1. The van der Waals surface area contributed by atoms with Crippen LogP contribution in [0.15, 0.2) is 35.1 Å². The van der Waals surface area contributed by atoms with Crippen molar-refractivity contribution < 1.29 is 17.9 Å². The van der Waals surface area contributed by atoms with Gasteiger partial charge in [0.05, 0.1) is 23.8 Å². The molecule has 5 nitrogen and oxygen atoms in total. The van der Waals surface area contributed by atoms with Crippen LogP contribution in [-0.2, 0) is 6.18 Å². The summed E-state index contributed by atoms with van der Waals surface area (Å²) in [6.07, 6.45) is -4.14. The van der Waals surface area contributed by atoms with Crippen molar-refractivity contribution in [1.29, 1.82) is 0 Å². The van der Waals surface area contributed by atoms with Gasteiger partial charge in [0.15, 0.2) is 4.77 Å². The number of hydrogen-bond donors (Lipinski definition) is 1. The smallest absolute Gasteiger partial charge is 0.417 e. The van der Waals surface area contributed by atoms with Crippen molar-refractivity contribution in [3.8, 4) is 17.0 Å². The van der Waals surface area contributed by atoms with Crippen molar-refractivity contribution in [1.82, 2.24) is 14.5 Å². The summed E-state index contributed by atoms with van der Waals surface area (Å²) in [5.41, 5.74) is -1.53. The highest BCUT2D eigenvalue weighted by molar-refractivity contribution is 7.71. The molecule has 3 rings (SSSR count). The van der Waals surface area contributed by atoms with Crippen LogP contribution in [0.2, 0.25) is 0 Å². The van der Waals surface area contributed by atoms with E-state index in [1.165, 1.54) is 11.7 Å². The van der Waals surface area contributed by atoms with Crippen LogP contribution in [0, 0.1) is 4.77 Å². The molecular weight excluding hydrogens is 391 g/mol. The van der Waals surface area contributed by atoms with Crippen molar-refractivity contribution >= 4 is 23.3 Å². The Hall–Kier alpha value is -2.68. The van der Waals surface area contributed by atoms with Crippen molar-refractivity contribution in [2.45, 2.75) is 32.5 Å². The van der Waals surface area contributed by atoms with E-state index in [-0.39, 0.29) is 22.2 Å². The summed E-state index contributed by atoms with van der Waals surface area (Å²) in [6, 6.07) is 7.19. The third-order valence-electron chi connectivity index (χ3n) is 4.60. The molecule has 1 atom stereocenters. The molecule has 0 spiro atoms. The van der Waals surface area contributed by atoms with Crippen LogP contribution in [0.3, 0.4) is 0 Å². The molecule has 0 saturated carbocycles. The van der Waals surface area contributed by atoms with Gasteiger partial charge >= 0.3 is 6.18 Å². The number of nitrogens with zero attached hydrogens (tertiary/aromatic N) is 2. The number of nitrogens with one attached hydrogen (secondary N) is 1. The van der Waals surface area contributed by atoms with E-state index in [9.17, 15) is 18.0 Å². The van der Waals surface area contributed by atoms with Crippen molar-refractivity contribution in [3.63, 3.8) is 0 Å². The molecule has 3 aromatic rings. The Labute approximate surface area is 163 Å². The number of rotatable bonds is 4. The van der Waals surface area contributed by atoms with Crippen LogP contribution in [0.5, 0.6) is 5.75 Å². The molecule has 0 fully saturated rings. The highest BCUT2D eigenvalue weighted by Gasteiger charge is 2.35. The molecule has 0 aliphatic rings. The fraction of sp³-hybridized carbons (Fsp3) is 0.316. The first kappa shape index (κ1) is 20.1. The Bertz CT molecular complexity index is 1150. The fourth-order valence-corrected chi connectivity index (χ4v) is 3.35. The van der Waals surface area contributed by atoms with E-state index < -0.39 is 22.7 Å². The number of halogens is 3. The lowest BCUT2D eigenvalue weighted by atomic mass is 10.1. The molecule has 2 aromatic heterocycles. The first-order chi connectivity index (χ1) is 13.2. The predicted molar refractivity (Wildman–Crippen MR) is 103 cm³/mol. The molecule has 0 bridgehead atoms. The number of aromatic nitrogens is 3. The second-order valence-corrected chi connectivity index (χ2v) is 6.76. The van der Waals surface area contributed by atoms with Gasteiger partial charge in [-0.3, -0.25) is 14.3 Å². The number of methoxy groups -OCH3 is 1. The van der Waals surface area contributed by atoms with E-state index in [4.69, 9.17) is 17.0 Å². The molecule has 0 amide bonds. The van der Waals surface area contributed by atoms with Gasteiger partial charge in [-0.05, 0) is 43.8 Å². The first-order valence-electron chi connectivity index (χ1n) is 8.58. The normalized spacial score (nSPS) is 12.9. The third kappa shape index (κ3) is 3.54. The molecule has 2 heterocycles. The molecule has 0 aliphatic heterocycles. The number of benzene rings is 1. The summed E-state index contributed by atoms with van der Waals surface area (Å²) in [6.45, 7) is 3.68. The molecular formula is C19H18F3N3O2S. The Morgan fingerprint density at radius 1 is 1.32 bits per heavy atom. The number of alkyl halides is 3. The number of H-pyrrole nitrogens is 1. The van der Waals surface area contributed by atoms with Crippen LogP contribution in [-0.4, -0.2) is 21.6 Å². The second-order valence-electron chi connectivity index (χ2n) is 6.37. The largest absolute Gasteiger partial charge is 0.497 e. The Morgan fingerprint density at radius 2 is 2.04 bits per heavy atom. The van der Waals surface area contributed by atoms with Gasteiger partial charge in [0, 0.05) is 11.6 Å². The topological polar surface area (TPSA) is 59.9 Å². The van der Waals surface area contributed by atoms with Crippen molar-refractivity contribution in [3.05, 3.63) is 51.0 Å². The zero-order valence-electron chi connectivity index (χ0n) is 15.4. The molecule has 148 valence electrons. The van der Waals surface area contributed by atoms with Crippen LogP contribution in [0.4, 0.5) is 13.2 Å². The number of ether oxygens (including phenoxy) is 1. The summed E-state index contributed by atoms with van der Waals surface area (Å²) >= 11 is 5.21. The summed E-state index contributed by atoms with van der Waals surface area (Å²) in [4.78, 5) is 19.1. The number of fused-ring (bicyclic) bond motifs is 1. The van der Waals surface area contributed by atoms with Gasteiger partial charge in [0.25, 0.3) is 5.56 Å². The second kappa shape index (κ2) is 7.38. The fourth-order valence-electron chi connectivity index (χ4n) is 2.99. The van der Waals surface area contributed by atoms with E-state index in [0.29, 0.717) is 17.7 Å². The van der Waals surface area contributed by atoms with Gasteiger partial charge in [0.1, 0.15) is 11.4 Å². The monoisotopic (exact) mass is 409 g/mol. The van der Waals surface area contributed by atoms with Crippen LogP contribution in [0.1, 0.15) is 31.9 Å².